The Morgan fingerprint density at radius 3 is 2.53 bits per heavy atom. The van der Waals surface area contributed by atoms with E-state index in [1.54, 1.807) is 0 Å². The molecule has 0 bridgehead atoms. The van der Waals surface area contributed by atoms with Gasteiger partial charge in [0.15, 0.2) is 17.5 Å². The number of nitrogens with one attached hydrogen (secondary N) is 1. The van der Waals surface area contributed by atoms with Crippen molar-refractivity contribution in [3.8, 4) is 0 Å². The van der Waals surface area contributed by atoms with Gasteiger partial charge in [-0.25, -0.2) is 13.2 Å². The minimum Gasteiger partial charge on any atom is -0.310 e. The molecule has 1 aromatic carbocycles. The fourth-order valence-electron chi connectivity index (χ4n) is 1.93. The van der Waals surface area contributed by atoms with Crippen LogP contribution in [-0.4, -0.2) is 6.54 Å². The molecule has 0 aliphatic carbocycles. The zero-order valence-corrected chi connectivity index (χ0v) is 8.19. The third kappa shape index (κ3) is 2.00. The Kier molecular flexibility index (Phi) is 2.95. The molecule has 0 amide bonds. The maximum atomic E-state index is 13.4. The Labute approximate surface area is 86.3 Å². The van der Waals surface area contributed by atoms with Crippen molar-refractivity contribution >= 4 is 0 Å². The summed E-state index contributed by atoms with van der Waals surface area (Å²) in [6.07, 6.45) is 2.79. The monoisotopic (exact) mass is 215 g/mol. The van der Waals surface area contributed by atoms with E-state index < -0.39 is 17.5 Å². The summed E-state index contributed by atoms with van der Waals surface area (Å²) < 4.78 is 39.1. The second-order valence-electron chi connectivity index (χ2n) is 3.77. The van der Waals surface area contributed by atoms with Crippen LogP contribution in [0.15, 0.2) is 12.1 Å². The first-order valence-corrected chi connectivity index (χ1v) is 5.07. The molecule has 0 radical (unpaired) electrons. The maximum absolute atomic E-state index is 13.4. The highest BCUT2D eigenvalue weighted by atomic mass is 19.2. The highest BCUT2D eigenvalue weighted by Gasteiger charge is 2.21. The van der Waals surface area contributed by atoms with Crippen molar-refractivity contribution in [2.24, 2.45) is 0 Å². The van der Waals surface area contributed by atoms with Crippen molar-refractivity contribution in [1.82, 2.24) is 5.32 Å². The minimum absolute atomic E-state index is 0.186. The normalized spacial score (nSPS) is 21.7. The molecule has 1 atom stereocenters. The number of hydrogen-bond acceptors (Lipinski definition) is 1. The van der Waals surface area contributed by atoms with E-state index >= 15 is 0 Å². The third-order valence-corrected chi connectivity index (χ3v) is 2.75. The first-order valence-electron chi connectivity index (χ1n) is 5.07. The average molecular weight is 215 g/mol. The van der Waals surface area contributed by atoms with Gasteiger partial charge in [-0.05, 0) is 25.5 Å². The Bertz CT molecular complexity index is 359. The van der Waals surface area contributed by atoms with E-state index in [1.807, 2.05) is 0 Å². The molecular weight excluding hydrogens is 203 g/mol. The zero-order valence-electron chi connectivity index (χ0n) is 8.19. The van der Waals surface area contributed by atoms with Crippen molar-refractivity contribution in [2.75, 3.05) is 6.54 Å². The molecular formula is C11H12F3N. The van der Waals surface area contributed by atoms with Gasteiger partial charge in [0, 0.05) is 11.6 Å². The fraction of sp³-hybridized carbons (Fsp3) is 0.455. The summed E-state index contributed by atoms with van der Waals surface area (Å²) in [5.74, 6) is -3.57. The molecule has 1 nitrogen and oxygen atoms in total. The van der Waals surface area contributed by atoms with Crippen LogP contribution < -0.4 is 5.32 Å². The van der Waals surface area contributed by atoms with Gasteiger partial charge in [-0.3, -0.25) is 0 Å². The van der Waals surface area contributed by atoms with Gasteiger partial charge in [0.25, 0.3) is 0 Å². The minimum atomic E-state index is -1.38. The van der Waals surface area contributed by atoms with E-state index in [4.69, 9.17) is 0 Å². The van der Waals surface area contributed by atoms with Crippen LogP contribution in [0.1, 0.15) is 30.9 Å². The molecule has 1 aliphatic rings. The van der Waals surface area contributed by atoms with Crippen LogP contribution in [0, 0.1) is 17.5 Å². The van der Waals surface area contributed by atoms with Crippen molar-refractivity contribution in [3.63, 3.8) is 0 Å². The summed E-state index contributed by atoms with van der Waals surface area (Å²) in [7, 11) is 0. The lowest BCUT2D eigenvalue weighted by Gasteiger charge is -2.24. The number of rotatable bonds is 1. The zero-order chi connectivity index (χ0) is 10.8. The SMILES string of the molecule is Fc1ccc([C@H]2CCCCN2)c(F)c1F. The number of halogens is 3. The molecule has 1 aromatic rings. The first kappa shape index (κ1) is 10.5. The van der Waals surface area contributed by atoms with Crippen molar-refractivity contribution in [3.05, 3.63) is 35.1 Å². The molecule has 1 fully saturated rings. The van der Waals surface area contributed by atoms with Gasteiger partial charge >= 0.3 is 0 Å². The summed E-state index contributed by atoms with van der Waals surface area (Å²) in [5, 5.41) is 3.09. The van der Waals surface area contributed by atoms with Gasteiger partial charge in [-0.1, -0.05) is 12.5 Å². The fourth-order valence-corrected chi connectivity index (χ4v) is 1.93. The Hall–Kier alpha value is -1.03. The smallest absolute Gasteiger partial charge is 0.194 e. The molecule has 2 rings (SSSR count). The van der Waals surface area contributed by atoms with Crippen LogP contribution in [0.25, 0.3) is 0 Å². The van der Waals surface area contributed by atoms with Crippen LogP contribution in [-0.2, 0) is 0 Å². The summed E-state index contributed by atoms with van der Waals surface area (Å²) in [5.41, 5.74) is 0.230. The van der Waals surface area contributed by atoms with Crippen LogP contribution in [0.2, 0.25) is 0 Å². The Morgan fingerprint density at radius 2 is 1.87 bits per heavy atom. The van der Waals surface area contributed by atoms with E-state index in [-0.39, 0.29) is 11.6 Å². The van der Waals surface area contributed by atoms with Crippen molar-refractivity contribution in [2.45, 2.75) is 25.3 Å². The van der Waals surface area contributed by atoms with Crippen molar-refractivity contribution < 1.29 is 13.2 Å². The Morgan fingerprint density at radius 1 is 1.07 bits per heavy atom. The predicted octanol–water partition coefficient (Wildman–Crippen LogP) is 2.92. The molecule has 0 unspecified atom stereocenters. The largest absolute Gasteiger partial charge is 0.310 e. The molecule has 1 saturated heterocycles. The van der Waals surface area contributed by atoms with E-state index in [1.165, 1.54) is 6.07 Å². The second kappa shape index (κ2) is 4.23. The van der Waals surface area contributed by atoms with E-state index in [0.29, 0.717) is 0 Å². The van der Waals surface area contributed by atoms with Crippen LogP contribution >= 0.6 is 0 Å². The molecule has 4 heteroatoms. The first-order chi connectivity index (χ1) is 7.20. The van der Waals surface area contributed by atoms with Gasteiger partial charge in [-0.2, -0.15) is 0 Å². The standard InChI is InChI=1S/C11H12F3N/c12-8-5-4-7(10(13)11(8)14)9-3-1-2-6-15-9/h4-5,9,15H,1-3,6H2/t9-/m1/s1. The van der Waals surface area contributed by atoms with E-state index in [2.05, 4.69) is 5.32 Å². The topological polar surface area (TPSA) is 12.0 Å². The number of piperidine rings is 1. The van der Waals surface area contributed by atoms with Crippen molar-refractivity contribution in [1.29, 1.82) is 0 Å². The molecule has 1 N–H and O–H groups in total. The van der Waals surface area contributed by atoms with Crippen LogP contribution in [0.3, 0.4) is 0 Å². The molecule has 1 aliphatic heterocycles. The molecule has 0 spiro atoms. The second-order valence-corrected chi connectivity index (χ2v) is 3.77. The van der Waals surface area contributed by atoms with E-state index in [9.17, 15) is 13.2 Å². The molecule has 0 aromatic heterocycles. The number of hydrogen-bond donors (Lipinski definition) is 1. The van der Waals surface area contributed by atoms with Crippen LogP contribution in [0.5, 0.6) is 0 Å². The average Bonchev–Trinajstić information content (AvgIpc) is 2.27. The Balaban J connectivity index is 2.31. The van der Waals surface area contributed by atoms with Crippen LogP contribution in [0.4, 0.5) is 13.2 Å². The van der Waals surface area contributed by atoms with Gasteiger partial charge in [0.05, 0.1) is 0 Å². The lowest BCUT2D eigenvalue weighted by Crippen LogP contribution is -2.27. The molecule has 0 saturated carbocycles. The maximum Gasteiger partial charge on any atom is 0.194 e. The highest BCUT2D eigenvalue weighted by molar-refractivity contribution is 5.23. The highest BCUT2D eigenvalue weighted by Crippen LogP contribution is 2.27. The van der Waals surface area contributed by atoms with Gasteiger partial charge in [-0.15, -0.1) is 0 Å². The lowest BCUT2D eigenvalue weighted by atomic mass is 9.97. The third-order valence-electron chi connectivity index (χ3n) is 2.75. The number of benzene rings is 1. The lowest BCUT2D eigenvalue weighted by molar-refractivity contribution is 0.382. The summed E-state index contributed by atoms with van der Waals surface area (Å²) in [6.45, 7) is 0.795. The van der Waals surface area contributed by atoms with Gasteiger partial charge < -0.3 is 5.32 Å². The summed E-state index contributed by atoms with van der Waals surface area (Å²) >= 11 is 0. The quantitative estimate of drug-likeness (QED) is 0.710. The predicted molar refractivity (Wildman–Crippen MR) is 50.9 cm³/mol. The van der Waals surface area contributed by atoms with E-state index in [0.717, 1.165) is 31.9 Å². The summed E-state index contributed by atoms with van der Waals surface area (Å²) in [4.78, 5) is 0. The molecule has 82 valence electrons. The van der Waals surface area contributed by atoms with Gasteiger partial charge in [0.2, 0.25) is 0 Å². The summed E-state index contributed by atoms with van der Waals surface area (Å²) in [6, 6.07) is 2.11. The van der Waals surface area contributed by atoms with Gasteiger partial charge in [0.1, 0.15) is 0 Å². The molecule has 15 heavy (non-hydrogen) atoms. The molecule has 1 heterocycles.